The highest BCUT2D eigenvalue weighted by Crippen LogP contribution is 2.33. The molecule has 31 heavy (non-hydrogen) atoms. The van der Waals surface area contributed by atoms with Crippen LogP contribution < -0.4 is 4.74 Å². The second-order valence-corrected chi connectivity index (χ2v) is 8.51. The maximum Gasteiger partial charge on any atom is 0.178 e. The second-order valence-electron chi connectivity index (χ2n) is 7.60. The van der Waals surface area contributed by atoms with E-state index in [4.69, 9.17) is 14.0 Å². The fourth-order valence-electron chi connectivity index (χ4n) is 3.98. The Hall–Kier alpha value is -2.38. The fraction of sp³-hybridized carbons (Fsp3) is 0.292. The Morgan fingerprint density at radius 3 is 2.87 bits per heavy atom. The number of thiophene rings is 1. The molecule has 1 aliphatic rings. The lowest BCUT2D eigenvalue weighted by Crippen LogP contribution is -2.39. The quantitative estimate of drug-likeness (QED) is 0.371. The fourth-order valence-corrected chi connectivity index (χ4v) is 4.79. The molecule has 1 atom stereocenters. The van der Waals surface area contributed by atoms with Gasteiger partial charge in [0, 0.05) is 32.3 Å². The van der Waals surface area contributed by atoms with Gasteiger partial charge in [-0.05, 0) is 41.1 Å². The van der Waals surface area contributed by atoms with Crippen molar-refractivity contribution in [2.45, 2.75) is 19.1 Å². The Labute approximate surface area is 192 Å². The molecule has 5 nitrogen and oxygen atoms in total. The molecule has 0 amide bonds. The molecule has 0 N–H and O–H groups in total. The molecule has 5 rings (SSSR count). The van der Waals surface area contributed by atoms with Crippen molar-refractivity contribution in [1.82, 2.24) is 10.1 Å². The number of benzene rings is 2. The number of methoxy groups -OCH3 is 1. The summed E-state index contributed by atoms with van der Waals surface area (Å²) in [6.07, 6.45) is 1.10. The van der Waals surface area contributed by atoms with Crippen LogP contribution in [0.5, 0.6) is 5.75 Å². The number of aromatic nitrogens is 1. The van der Waals surface area contributed by atoms with E-state index in [1.54, 1.807) is 18.4 Å². The van der Waals surface area contributed by atoms with Gasteiger partial charge >= 0.3 is 0 Å². The van der Waals surface area contributed by atoms with Gasteiger partial charge in [-0.2, -0.15) is 0 Å². The van der Waals surface area contributed by atoms with Crippen LogP contribution in [0.1, 0.15) is 11.1 Å². The van der Waals surface area contributed by atoms with Crippen molar-refractivity contribution in [1.29, 1.82) is 0 Å². The molecule has 3 heterocycles. The molecule has 0 saturated heterocycles. The number of fused-ring (bicyclic) bond motifs is 2. The molecule has 4 aromatic rings. The summed E-state index contributed by atoms with van der Waals surface area (Å²) in [6, 6.07) is 18.6. The van der Waals surface area contributed by atoms with Crippen LogP contribution in [-0.2, 0) is 17.7 Å². The van der Waals surface area contributed by atoms with Gasteiger partial charge in [-0.15, -0.1) is 23.7 Å². The van der Waals surface area contributed by atoms with Gasteiger partial charge in [0.15, 0.2) is 5.58 Å². The van der Waals surface area contributed by atoms with Crippen LogP contribution in [0, 0.1) is 0 Å². The van der Waals surface area contributed by atoms with Gasteiger partial charge < -0.3 is 14.0 Å². The summed E-state index contributed by atoms with van der Waals surface area (Å²) in [4.78, 5) is 2.44. The van der Waals surface area contributed by atoms with E-state index in [9.17, 15) is 0 Å². The zero-order valence-corrected chi connectivity index (χ0v) is 19.0. The van der Waals surface area contributed by atoms with E-state index < -0.39 is 0 Å². The van der Waals surface area contributed by atoms with Crippen molar-refractivity contribution in [3.8, 4) is 17.0 Å². The third-order valence-corrected chi connectivity index (χ3v) is 6.53. The largest absolute Gasteiger partial charge is 0.491 e. The minimum absolute atomic E-state index is 0. The van der Waals surface area contributed by atoms with Gasteiger partial charge in [0.1, 0.15) is 28.9 Å². The summed E-state index contributed by atoms with van der Waals surface area (Å²) in [5, 5.41) is 6.24. The molecule has 1 aliphatic heterocycles. The smallest absolute Gasteiger partial charge is 0.178 e. The lowest BCUT2D eigenvalue weighted by molar-refractivity contribution is 0.0262. The highest BCUT2D eigenvalue weighted by Gasteiger charge is 2.20. The monoisotopic (exact) mass is 456 g/mol. The maximum atomic E-state index is 6.10. The molecule has 0 radical (unpaired) electrons. The molecule has 0 bridgehead atoms. The molecule has 0 saturated carbocycles. The Balaban J connectivity index is 0.00000231. The summed E-state index contributed by atoms with van der Waals surface area (Å²) < 4.78 is 18.3. The molecule has 0 fully saturated rings. The molecular weight excluding hydrogens is 432 g/mol. The van der Waals surface area contributed by atoms with E-state index in [0.717, 1.165) is 53.3 Å². The van der Waals surface area contributed by atoms with E-state index in [1.807, 2.05) is 35.7 Å². The molecule has 2 aromatic heterocycles. The van der Waals surface area contributed by atoms with Gasteiger partial charge in [-0.25, -0.2) is 0 Å². The van der Waals surface area contributed by atoms with Crippen LogP contribution in [0.4, 0.5) is 0 Å². The van der Waals surface area contributed by atoms with Crippen molar-refractivity contribution < 1.29 is 14.0 Å². The topological polar surface area (TPSA) is 47.7 Å². The Morgan fingerprint density at radius 1 is 1.13 bits per heavy atom. The molecule has 1 unspecified atom stereocenters. The predicted octanol–water partition coefficient (Wildman–Crippen LogP) is 5.43. The second kappa shape index (κ2) is 9.83. The average molecular weight is 457 g/mol. The number of ether oxygens (including phenoxy) is 2. The molecular formula is C24H25ClN2O3S. The highest BCUT2D eigenvalue weighted by molar-refractivity contribution is 7.17. The van der Waals surface area contributed by atoms with E-state index >= 15 is 0 Å². The van der Waals surface area contributed by atoms with Crippen molar-refractivity contribution in [2.24, 2.45) is 0 Å². The van der Waals surface area contributed by atoms with Gasteiger partial charge in [-0.3, -0.25) is 4.90 Å². The van der Waals surface area contributed by atoms with Crippen LogP contribution >= 0.6 is 23.7 Å². The first-order chi connectivity index (χ1) is 14.8. The predicted molar refractivity (Wildman–Crippen MR) is 126 cm³/mol. The van der Waals surface area contributed by atoms with E-state index in [-0.39, 0.29) is 18.5 Å². The van der Waals surface area contributed by atoms with Crippen LogP contribution in [0.2, 0.25) is 0 Å². The SMILES string of the molecule is COC(COc1cccc(-c2noc3ccsc23)c1)CN1CCc2ccccc2C1.Cl. The van der Waals surface area contributed by atoms with Gasteiger partial charge in [0.25, 0.3) is 0 Å². The first kappa shape index (κ1) is 21.8. The normalized spacial score (nSPS) is 14.7. The number of hydrogen-bond acceptors (Lipinski definition) is 6. The summed E-state index contributed by atoms with van der Waals surface area (Å²) in [5.74, 6) is 0.811. The van der Waals surface area contributed by atoms with Crippen molar-refractivity contribution in [2.75, 3.05) is 26.8 Å². The lowest BCUT2D eigenvalue weighted by atomic mass is 10.00. The summed E-state index contributed by atoms with van der Waals surface area (Å²) in [5.41, 5.74) is 5.56. The third kappa shape index (κ3) is 4.77. The van der Waals surface area contributed by atoms with Crippen molar-refractivity contribution in [3.05, 3.63) is 71.1 Å². The molecule has 2 aromatic carbocycles. The zero-order chi connectivity index (χ0) is 20.3. The lowest BCUT2D eigenvalue weighted by Gasteiger charge is -2.31. The minimum atomic E-state index is 0. The maximum absolute atomic E-state index is 6.10. The zero-order valence-electron chi connectivity index (χ0n) is 17.3. The van der Waals surface area contributed by atoms with E-state index in [1.165, 1.54) is 11.1 Å². The number of rotatable bonds is 7. The van der Waals surface area contributed by atoms with Crippen molar-refractivity contribution in [3.63, 3.8) is 0 Å². The van der Waals surface area contributed by atoms with Gasteiger partial charge in [-0.1, -0.05) is 41.6 Å². The van der Waals surface area contributed by atoms with E-state index in [2.05, 4.69) is 34.3 Å². The minimum Gasteiger partial charge on any atom is -0.491 e. The summed E-state index contributed by atoms with van der Waals surface area (Å²) in [6.45, 7) is 3.37. The van der Waals surface area contributed by atoms with Gasteiger partial charge in [0.2, 0.25) is 0 Å². The summed E-state index contributed by atoms with van der Waals surface area (Å²) >= 11 is 1.64. The third-order valence-electron chi connectivity index (χ3n) is 5.63. The Morgan fingerprint density at radius 2 is 2.00 bits per heavy atom. The molecule has 7 heteroatoms. The van der Waals surface area contributed by atoms with Gasteiger partial charge in [0.05, 0.1) is 0 Å². The van der Waals surface area contributed by atoms with Crippen molar-refractivity contribution >= 4 is 34.0 Å². The van der Waals surface area contributed by atoms with Crippen LogP contribution in [0.15, 0.2) is 64.5 Å². The highest BCUT2D eigenvalue weighted by atomic mass is 35.5. The van der Waals surface area contributed by atoms with E-state index in [0.29, 0.717) is 6.61 Å². The first-order valence-electron chi connectivity index (χ1n) is 10.2. The van der Waals surface area contributed by atoms with Crippen LogP contribution in [-0.4, -0.2) is 43.0 Å². The number of nitrogens with zero attached hydrogens (tertiary/aromatic N) is 2. The standard InChI is InChI=1S/C24H24N2O3S.ClH/c1-27-21(15-26-11-9-17-5-2-3-6-19(17)14-26)16-28-20-8-4-7-18(13-20)23-24-22(29-25-23)10-12-30-24;/h2-8,10,12-13,21H,9,11,14-16H2,1H3;1H. The summed E-state index contributed by atoms with van der Waals surface area (Å²) in [7, 11) is 1.76. The number of halogens is 1. The van der Waals surface area contributed by atoms with Crippen LogP contribution in [0.3, 0.4) is 0 Å². The van der Waals surface area contributed by atoms with Crippen LogP contribution in [0.25, 0.3) is 21.5 Å². The molecule has 0 spiro atoms. The first-order valence-corrected chi connectivity index (χ1v) is 11.1. The Kier molecular flexibility index (Phi) is 6.92. The molecule has 162 valence electrons. The Bertz CT molecular complexity index is 1140. The average Bonchev–Trinajstić information content (AvgIpc) is 3.41. The number of hydrogen-bond donors (Lipinski definition) is 0. The molecule has 0 aliphatic carbocycles.